The standard InChI is InChI=1S/C14H9F2N3OS/c15-7-1-3-10(16)12(5-7)21-14-18-11-4-2-8(17)6-9(11)13(20)19-14/h1-6H,17H2,(H,18,19,20). The Balaban J connectivity index is 2.07. The van der Waals surface area contributed by atoms with E-state index in [-0.39, 0.29) is 15.6 Å². The summed E-state index contributed by atoms with van der Waals surface area (Å²) in [5, 5.41) is 0.529. The number of aromatic nitrogens is 2. The van der Waals surface area contributed by atoms with Crippen LogP contribution in [-0.4, -0.2) is 9.97 Å². The number of nitrogens with zero attached hydrogens (tertiary/aromatic N) is 1. The zero-order chi connectivity index (χ0) is 15.0. The highest BCUT2D eigenvalue weighted by molar-refractivity contribution is 7.99. The molecule has 0 aliphatic heterocycles. The van der Waals surface area contributed by atoms with Gasteiger partial charge in [0.1, 0.15) is 11.6 Å². The maximum Gasteiger partial charge on any atom is 0.259 e. The van der Waals surface area contributed by atoms with Gasteiger partial charge in [0, 0.05) is 5.69 Å². The Morgan fingerprint density at radius 2 is 1.95 bits per heavy atom. The zero-order valence-corrected chi connectivity index (χ0v) is 11.4. The van der Waals surface area contributed by atoms with Crippen molar-refractivity contribution in [2.24, 2.45) is 0 Å². The molecule has 7 heteroatoms. The fourth-order valence-corrected chi connectivity index (χ4v) is 2.68. The van der Waals surface area contributed by atoms with E-state index in [4.69, 9.17) is 5.73 Å². The molecule has 2 aromatic carbocycles. The van der Waals surface area contributed by atoms with Gasteiger partial charge in [0.05, 0.1) is 15.8 Å². The lowest BCUT2D eigenvalue weighted by atomic mass is 10.2. The lowest BCUT2D eigenvalue weighted by Crippen LogP contribution is -2.09. The summed E-state index contributed by atoms with van der Waals surface area (Å²) in [6.45, 7) is 0. The second-order valence-corrected chi connectivity index (χ2v) is 5.36. The predicted molar refractivity (Wildman–Crippen MR) is 77.3 cm³/mol. The van der Waals surface area contributed by atoms with Gasteiger partial charge in [-0.3, -0.25) is 4.79 Å². The van der Waals surface area contributed by atoms with Gasteiger partial charge in [-0.25, -0.2) is 13.8 Å². The number of nitrogens with two attached hydrogens (primary N) is 1. The summed E-state index contributed by atoms with van der Waals surface area (Å²) in [6.07, 6.45) is 0. The molecule has 21 heavy (non-hydrogen) atoms. The Kier molecular flexibility index (Phi) is 3.34. The van der Waals surface area contributed by atoms with Gasteiger partial charge in [-0.05, 0) is 48.2 Å². The van der Waals surface area contributed by atoms with E-state index >= 15 is 0 Å². The summed E-state index contributed by atoms with van der Waals surface area (Å²) in [5.41, 5.74) is 6.12. The highest BCUT2D eigenvalue weighted by Gasteiger charge is 2.10. The maximum absolute atomic E-state index is 13.6. The van der Waals surface area contributed by atoms with E-state index in [1.54, 1.807) is 12.1 Å². The molecule has 3 aromatic rings. The lowest BCUT2D eigenvalue weighted by molar-refractivity contribution is 0.577. The van der Waals surface area contributed by atoms with Crippen molar-refractivity contribution in [1.29, 1.82) is 0 Å². The van der Waals surface area contributed by atoms with Crippen LogP contribution in [0.1, 0.15) is 0 Å². The summed E-state index contributed by atoms with van der Waals surface area (Å²) >= 11 is 0.849. The molecule has 3 rings (SSSR count). The first-order chi connectivity index (χ1) is 10.0. The van der Waals surface area contributed by atoms with Crippen LogP contribution in [0.2, 0.25) is 0 Å². The topological polar surface area (TPSA) is 71.8 Å². The third-order valence-electron chi connectivity index (χ3n) is 2.81. The van der Waals surface area contributed by atoms with Gasteiger partial charge in [0.15, 0.2) is 5.16 Å². The average molecular weight is 305 g/mol. The minimum atomic E-state index is -0.582. The van der Waals surface area contributed by atoms with Gasteiger partial charge >= 0.3 is 0 Å². The van der Waals surface area contributed by atoms with Gasteiger partial charge in [-0.15, -0.1) is 0 Å². The van der Waals surface area contributed by atoms with Gasteiger partial charge in [-0.2, -0.15) is 0 Å². The Morgan fingerprint density at radius 3 is 2.76 bits per heavy atom. The molecule has 106 valence electrons. The molecule has 0 saturated carbocycles. The van der Waals surface area contributed by atoms with Crippen LogP contribution in [0.25, 0.3) is 10.9 Å². The highest BCUT2D eigenvalue weighted by Crippen LogP contribution is 2.28. The molecule has 0 aliphatic carbocycles. The minimum Gasteiger partial charge on any atom is -0.399 e. The molecule has 0 amide bonds. The number of rotatable bonds is 2. The van der Waals surface area contributed by atoms with Crippen LogP contribution >= 0.6 is 11.8 Å². The van der Waals surface area contributed by atoms with Crippen LogP contribution in [0.3, 0.4) is 0 Å². The second-order valence-electron chi connectivity index (χ2n) is 4.32. The van der Waals surface area contributed by atoms with Crippen LogP contribution in [0.4, 0.5) is 14.5 Å². The van der Waals surface area contributed by atoms with Crippen molar-refractivity contribution in [1.82, 2.24) is 9.97 Å². The van der Waals surface area contributed by atoms with E-state index in [9.17, 15) is 13.6 Å². The SMILES string of the molecule is Nc1ccc2nc(Sc3cc(F)ccc3F)[nH]c(=O)c2c1. The van der Waals surface area contributed by atoms with Crippen LogP contribution in [0.15, 0.2) is 51.2 Å². The number of hydrogen-bond acceptors (Lipinski definition) is 4. The molecule has 1 heterocycles. The van der Waals surface area contributed by atoms with Crippen molar-refractivity contribution >= 4 is 28.4 Å². The number of anilines is 1. The number of hydrogen-bond donors (Lipinski definition) is 2. The van der Waals surface area contributed by atoms with Crippen LogP contribution in [-0.2, 0) is 0 Å². The van der Waals surface area contributed by atoms with E-state index in [1.165, 1.54) is 6.07 Å². The van der Waals surface area contributed by atoms with Gasteiger partial charge in [0.25, 0.3) is 5.56 Å². The largest absolute Gasteiger partial charge is 0.399 e. The van der Waals surface area contributed by atoms with Crippen LogP contribution in [0.5, 0.6) is 0 Å². The molecule has 0 fully saturated rings. The van der Waals surface area contributed by atoms with Crippen LogP contribution < -0.4 is 11.3 Å². The van der Waals surface area contributed by atoms with Crippen molar-refractivity contribution in [2.75, 3.05) is 5.73 Å². The number of nitrogen functional groups attached to an aromatic ring is 1. The Labute approximate surface area is 122 Å². The van der Waals surface area contributed by atoms with E-state index in [1.807, 2.05) is 0 Å². The first-order valence-corrected chi connectivity index (χ1v) is 6.77. The van der Waals surface area contributed by atoms with Gasteiger partial charge in [-0.1, -0.05) is 0 Å². The molecule has 0 radical (unpaired) electrons. The lowest BCUT2D eigenvalue weighted by Gasteiger charge is -2.04. The molecule has 3 N–H and O–H groups in total. The summed E-state index contributed by atoms with van der Waals surface area (Å²) in [6, 6.07) is 7.83. The first-order valence-electron chi connectivity index (χ1n) is 5.95. The summed E-state index contributed by atoms with van der Waals surface area (Å²) in [4.78, 5) is 18.7. The molecular weight excluding hydrogens is 296 g/mol. The number of H-pyrrole nitrogens is 1. The van der Waals surface area contributed by atoms with Crippen molar-refractivity contribution in [2.45, 2.75) is 10.1 Å². The van der Waals surface area contributed by atoms with E-state index in [0.29, 0.717) is 16.6 Å². The summed E-state index contributed by atoms with van der Waals surface area (Å²) in [7, 11) is 0. The zero-order valence-electron chi connectivity index (χ0n) is 10.6. The average Bonchev–Trinajstić information content (AvgIpc) is 2.44. The molecular formula is C14H9F2N3OS. The summed E-state index contributed by atoms with van der Waals surface area (Å²) < 4.78 is 26.7. The van der Waals surface area contributed by atoms with Gasteiger partial charge in [0.2, 0.25) is 0 Å². The third-order valence-corrected chi connectivity index (χ3v) is 3.73. The third kappa shape index (κ3) is 2.73. The first kappa shape index (κ1) is 13.6. The molecule has 0 saturated heterocycles. The smallest absolute Gasteiger partial charge is 0.259 e. The van der Waals surface area contributed by atoms with Crippen LogP contribution in [0, 0.1) is 11.6 Å². The van der Waals surface area contributed by atoms with Crippen molar-refractivity contribution < 1.29 is 8.78 Å². The number of aromatic amines is 1. The fraction of sp³-hybridized carbons (Fsp3) is 0. The number of benzene rings is 2. The van der Waals surface area contributed by atoms with E-state index in [0.717, 1.165) is 30.0 Å². The van der Waals surface area contributed by atoms with Gasteiger partial charge < -0.3 is 10.7 Å². The molecule has 0 atom stereocenters. The molecule has 0 aliphatic rings. The van der Waals surface area contributed by atoms with Crippen molar-refractivity contribution in [3.05, 3.63) is 58.4 Å². The normalized spacial score (nSPS) is 11.0. The number of nitrogens with one attached hydrogen (secondary N) is 1. The van der Waals surface area contributed by atoms with Crippen molar-refractivity contribution in [3.8, 4) is 0 Å². The molecule has 0 unspecified atom stereocenters. The molecule has 1 aromatic heterocycles. The minimum absolute atomic E-state index is 0.0490. The molecule has 0 spiro atoms. The number of halogens is 2. The van der Waals surface area contributed by atoms with Crippen molar-refractivity contribution in [3.63, 3.8) is 0 Å². The maximum atomic E-state index is 13.6. The molecule has 0 bridgehead atoms. The highest BCUT2D eigenvalue weighted by atomic mass is 32.2. The second kappa shape index (κ2) is 5.17. The Hall–Kier alpha value is -2.41. The Morgan fingerprint density at radius 1 is 1.14 bits per heavy atom. The number of fused-ring (bicyclic) bond motifs is 1. The summed E-state index contributed by atoms with van der Waals surface area (Å²) in [5.74, 6) is -1.14. The fourth-order valence-electron chi connectivity index (χ4n) is 1.84. The van der Waals surface area contributed by atoms with E-state index in [2.05, 4.69) is 9.97 Å². The van der Waals surface area contributed by atoms with E-state index < -0.39 is 11.6 Å². The molecule has 4 nitrogen and oxygen atoms in total. The monoisotopic (exact) mass is 305 g/mol. The quantitative estimate of drug-likeness (QED) is 0.564. The Bertz CT molecular complexity index is 895. The predicted octanol–water partition coefficient (Wildman–Crippen LogP) is 2.93.